The molecular formula is C23H21N5O2. The first kappa shape index (κ1) is 18.3. The zero-order chi connectivity index (χ0) is 20.7. The molecule has 0 unspecified atom stereocenters. The van der Waals surface area contributed by atoms with Crippen LogP contribution < -0.4 is 10.9 Å². The molecule has 2 aromatic carbocycles. The summed E-state index contributed by atoms with van der Waals surface area (Å²) in [7, 11) is 0. The number of aromatic nitrogens is 4. The lowest BCUT2D eigenvalue weighted by Gasteiger charge is -2.12. The fourth-order valence-electron chi connectivity index (χ4n) is 4.10. The quantitative estimate of drug-likeness (QED) is 0.572. The number of aryl methyl sites for hydroxylation is 2. The van der Waals surface area contributed by atoms with E-state index in [9.17, 15) is 9.59 Å². The topological polar surface area (TPSA) is 81.8 Å². The van der Waals surface area contributed by atoms with Crippen molar-refractivity contribution in [3.8, 4) is 5.69 Å². The predicted octanol–water partition coefficient (Wildman–Crippen LogP) is 3.02. The Morgan fingerprint density at radius 3 is 2.53 bits per heavy atom. The lowest BCUT2D eigenvalue weighted by Crippen LogP contribution is -2.31. The number of fused-ring (bicyclic) bond motifs is 2. The molecule has 0 fully saturated rings. The molecule has 0 saturated heterocycles. The lowest BCUT2D eigenvalue weighted by atomic mass is 10.1. The first-order valence-electron chi connectivity index (χ1n) is 10.0. The van der Waals surface area contributed by atoms with Gasteiger partial charge in [0.2, 0.25) is 5.91 Å². The van der Waals surface area contributed by atoms with Crippen molar-refractivity contribution >= 4 is 22.5 Å². The van der Waals surface area contributed by atoms with Gasteiger partial charge in [-0.05, 0) is 44.4 Å². The van der Waals surface area contributed by atoms with Crippen LogP contribution in [0.1, 0.15) is 23.4 Å². The zero-order valence-corrected chi connectivity index (χ0v) is 16.6. The van der Waals surface area contributed by atoms with Gasteiger partial charge in [0.15, 0.2) is 0 Å². The molecule has 2 aromatic heterocycles. The van der Waals surface area contributed by atoms with Crippen LogP contribution in [0.25, 0.3) is 16.5 Å². The van der Waals surface area contributed by atoms with Gasteiger partial charge in [0, 0.05) is 10.9 Å². The number of nitrogens with zero attached hydrogens (tertiary/aromatic N) is 4. The molecule has 0 saturated carbocycles. The molecule has 5 rings (SSSR count). The summed E-state index contributed by atoms with van der Waals surface area (Å²) in [6.45, 7) is 1.69. The van der Waals surface area contributed by atoms with Crippen molar-refractivity contribution in [2.75, 3.05) is 5.32 Å². The highest BCUT2D eigenvalue weighted by molar-refractivity contribution is 5.91. The van der Waals surface area contributed by atoms with E-state index in [1.165, 1.54) is 4.68 Å². The first-order chi connectivity index (χ1) is 14.6. The molecule has 0 atom stereocenters. The number of hydrogen-bond acceptors (Lipinski definition) is 4. The molecule has 0 aliphatic heterocycles. The Kier molecular flexibility index (Phi) is 4.43. The molecule has 4 aromatic rings. The molecule has 0 bridgehead atoms. The van der Waals surface area contributed by atoms with E-state index in [0.29, 0.717) is 16.9 Å². The molecule has 1 aliphatic rings. The molecule has 7 nitrogen and oxygen atoms in total. The van der Waals surface area contributed by atoms with Crippen LogP contribution in [0.2, 0.25) is 0 Å². The third kappa shape index (κ3) is 3.08. The third-order valence-corrected chi connectivity index (χ3v) is 5.51. The predicted molar refractivity (Wildman–Crippen MR) is 115 cm³/mol. The van der Waals surface area contributed by atoms with Crippen molar-refractivity contribution in [3.05, 3.63) is 81.9 Å². The SMILES string of the molecule is Cc1nn(CC(=O)Nc2c3c(nn2-c2ccccc2)CCC3)c(=O)c2ccccc12. The van der Waals surface area contributed by atoms with Crippen LogP contribution in [0.4, 0.5) is 5.82 Å². The van der Waals surface area contributed by atoms with E-state index in [1.54, 1.807) is 10.7 Å². The smallest absolute Gasteiger partial charge is 0.275 e. The molecular weight excluding hydrogens is 378 g/mol. The second-order valence-corrected chi connectivity index (χ2v) is 7.52. The van der Waals surface area contributed by atoms with E-state index < -0.39 is 0 Å². The van der Waals surface area contributed by atoms with Crippen molar-refractivity contribution in [1.82, 2.24) is 19.6 Å². The summed E-state index contributed by atoms with van der Waals surface area (Å²) < 4.78 is 3.01. The zero-order valence-electron chi connectivity index (χ0n) is 16.6. The van der Waals surface area contributed by atoms with Crippen molar-refractivity contribution in [2.24, 2.45) is 0 Å². The van der Waals surface area contributed by atoms with Crippen LogP contribution in [-0.2, 0) is 24.2 Å². The van der Waals surface area contributed by atoms with Gasteiger partial charge in [-0.3, -0.25) is 9.59 Å². The summed E-state index contributed by atoms with van der Waals surface area (Å²) in [6.07, 6.45) is 2.81. The van der Waals surface area contributed by atoms with Crippen LogP contribution in [0, 0.1) is 6.92 Å². The standard InChI is InChI=1S/C23H21N5O2/c1-15-17-10-5-6-11-18(17)23(30)27(25-15)14-21(29)24-22-19-12-7-13-20(19)26-28(22)16-8-3-2-4-9-16/h2-6,8-11H,7,12-14H2,1H3,(H,24,29). The monoisotopic (exact) mass is 399 g/mol. The van der Waals surface area contributed by atoms with E-state index in [0.717, 1.165) is 41.6 Å². The summed E-state index contributed by atoms with van der Waals surface area (Å²) in [4.78, 5) is 25.7. The van der Waals surface area contributed by atoms with Gasteiger partial charge in [0.05, 0.1) is 22.5 Å². The molecule has 0 radical (unpaired) electrons. The average molecular weight is 399 g/mol. The summed E-state index contributed by atoms with van der Waals surface area (Å²) >= 11 is 0. The summed E-state index contributed by atoms with van der Waals surface area (Å²) in [5.74, 6) is 0.385. The van der Waals surface area contributed by atoms with Crippen molar-refractivity contribution in [2.45, 2.75) is 32.7 Å². The number of para-hydroxylation sites is 1. The summed E-state index contributed by atoms with van der Waals surface area (Å²) in [5.41, 5.74) is 3.42. The Morgan fingerprint density at radius 1 is 1.00 bits per heavy atom. The van der Waals surface area contributed by atoms with Crippen molar-refractivity contribution < 1.29 is 4.79 Å². The minimum Gasteiger partial charge on any atom is -0.309 e. The van der Waals surface area contributed by atoms with Gasteiger partial charge in [0.1, 0.15) is 12.4 Å². The van der Waals surface area contributed by atoms with Crippen LogP contribution in [0.15, 0.2) is 59.4 Å². The van der Waals surface area contributed by atoms with E-state index in [4.69, 9.17) is 5.10 Å². The van der Waals surface area contributed by atoms with Crippen LogP contribution >= 0.6 is 0 Å². The van der Waals surface area contributed by atoms with Gasteiger partial charge in [-0.25, -0.2) is 9.36 Å². The maximum absolute atomic E-state index is 12.9. The number of anilines is 1. The van der Waals surface area contributed by atoms with Crippen LogP contribution in [-0.4, -0.2) is 25.5 Å². The number of carbonyl (C=O) groups excluding carboxylic acids is 1. The number of rotatable bonds is 4. The Labute approximate surface area is 173 Å². The molecule has 1 amide bonds. The fraction of sp³-hybridized carbons (Fsp3) is 0.217. The largest absolute Gasteiger partial charge is 0.309 e. The van der Waals surface area contributed by atoms with E-state index in [1.807, 2.05) is 55.5 Å². The maximum Gasteiger partial charge on any atom is 0.275 e. The Hall–Kier alpha value is -3.74. The second kappa shape index (κ2) is 7.26. The Balaban J connectivity index is 1.48. The second-order valence-electron chi connectivity index (χ2n) is 7.52. The molecule has 150 valence electrons. The summed E-state index contributed by atoms with van der Waals surface area (Å²) in [5, 5.41) is 13.4. The van der Waals surface area contributed by atoms with Gasteiger partial charge in [-0.2, -0.15) is 10.2 Å². The normalized spacial score (nSPS) is 12.8. The number of nitrogens with one attached hydrogen (secondary N) is 1. The third-order valence-electron chi connectivity index (χ3n) is 5.51. The molecule has 30 heavy (non-hydrogen) atoms. The molecule has 1 aliphatic carbocycles. The highest BCUT2D eigenvalue weighted by Crippen LogP contribution is 2.30. The Morgan fingerprint density at radius 2 is 1.73 bits per heavy atom. The van der Waals surface area contributed by atoms with Gasteiger partial charge in [-0.15, -0.1) is 0 Å². The van der Waals surface area contributed by atoms with Gasteiger partial charge >= 0.3 is 0 Å². The first-order valence-corrected chi connectivity index (χ1v) is 10.0. The minimum atomic E-state index is -0.300. The van der Waals surface area contributed by atoms with Crippen molar-refractivity contribution in [1.29, 1.82) is 0 Å². The number of hydrogen-bond donors (Lipinski definition) is 1. The maximum atomic E-state index is 12.9. The molecule has 2 heterocycles. The van der Waals surface area contributed by atoms with Gasteiger partial charge < -0.3 is 5.32 Å². The lowest BCUT2D eigenvalue weighted by molar-refractivity contribution is -0.117. The van der Waals surface area contributed by atoms with Crippen LogP contribution in [0.3, 0.4) is 0 Å². The highest BCUT2D eigenvalue weighted by atomic mass is 16.2. The van der Waals surface area contributed by atoms with Gasteiger partial charge in [-0.1, -0.05) is 36.4 Å². The minimum absolute atomic E-state index is 0.154. The van der Waals surface area contributed by atoms with Crippen LogP contribution in [0.5, 0.6) is 0 Å². The fourth-order valence-corrected chi connectivity index (χ4v) is 4.10. The highest BCUT2D eigenvalue weighted by Gasteiger charge is 2.24. The summed E-state index contributed by atoms with van der Waals surface area (Å²) in [6, 6.07) is 17.0. The van der Waals surface area contributed by atoms with Crippen molar-refractivity contribution in [3.63, 3.8) is 0 Å². The molecule has 1 N–H and O–H groups in total. The van der Waals surface area contributed by atoms with E-state index in [2.05, 4.69) is 10.4 Å². The number of carbonyl (C=O) groups is 1. The molecule has 0 spiro atoms. The van der Waals surface area contributed by atoms with E-state index >= 15 is 0 Å². The number of amides is 1. The molecule has 7 heteroatoms. The number of benzene rings is 2. The van der Waals surface area contributed by atoms with E-state index in [-0.39, 0.29) is 18.0 Å². The average Bonchev–Trinajstić information content (AvgIpc) is 3.35. The Bertz CT molecular complexity index is 1320. The van der Waals surface area contributed by atoms with Gasteiger partial charge in [0.25, 0.3) is 5.56 Å².